The van der Waals surface area contributed by atoms with Crippen molar-refractivity contribution in [3.63, 3.8) is 0 Å². The quantitative estimate of drug-likeness (QED) is 0.488. The van der Waals surface area contributed by atoms with Gasteiger partial charge in [-0.2, -0.15) is 5.10 Å². The number of rotatable bonds is 4. The second kappa shape index (κ2) is 7.69. The highest BCUT2D eigenvalue weighted by atomic mass is 16.5. The summed E-state index contributed by atoms with van der Waals surface area (Å²) < 4.78 is 9.36. The van der Waals surface area contributed by atoms with Gasteiger partial charge in [0.15, 0.2) is 11.4 Å². The molecule has 0 atom stereocenters. The number of nitrogens with zero attached hydrogens (tertiary/aromatic N) is 4. The van der Waals surface area contributed by atoms with E-state index in [2.05, 4.69) is 50.1 Å². The molecule has 0 amide bonds. The van der Waals surface area contributed by atoms with Crippen LogP contribution in [0, 0.1) is 13.8 Å². The Labute approximate surface area is 182 Å². The molecule has 160 valence electrons. The fourth-order valence-electron chi connectivity index (χ4n) is 3.60. The third kappa shape index (κ3) is 3.98. The third-order valence-corrected chi connectivity index (χ3v) is 5.58. The topological polar surface area (TPSA) is 61.4 Å². The van der Waals surface area contributed by atoms with Gasteiger partial charge in [-0.15, -0.1) is 0 Å². The Hall–Kier alpha value is -3.41. The van der Waals surface area contributed by atoms with Crippen LogP contribution in [0.5, 0.6) is 5.75 Å². The van der Waals surface area contributed by atoms with Crippen LogP contribution in [0.2, 0.25) is 0 Å². The maximum absolute atomic E-state index is 13.2. The van der Waals surface area contributed by atoms with E-state index in [4.69, 9.17) is 9.72 Å². The Morgan fingerprint density at radius 2 is 1.77 bits per heavy atom. The predicted octanol–water partition coefficient (Wildman–Crippen LogP) is 4.59. The van der Waals surface area contributed by atoms with Gasteiger partial charge in [0.1, 0.15) is 6.61 Å². The minimum Gasteiger partial charge on any atom is -0.485 e. The molecule has 0 N–H and O–H groups in total. The molecule has 1 aromatic carbocycles. The molecule has 0 aliphatic heterocycles. The third-order valence-electron chi connectivity index (χ3n) is 5.58. The lowest BCUT2D eigenvalue weighted by atomic mass is 9.87. The van der Waals surface area contributed by atoms with Crippen LogP contribution >= 0.6 is 0 Å². The van der Waals surface area contributed by atoms with E-state index in [1.54, 1.807) is 16.9 Å². The first-order valence-corrected chi connectivity index (χ1v) is 10.4. The molecule has 0 unspecified atom stereocenters. The lowest BCUT2D eigenvalue weighted by molar-refractivity contribution is 0.307. The number of ether oxygens (including phenoxy) is 1. The summed E-state index contributed by atoms with van der Waals surface area (Å²) in [6.45, 7) is 10.8. The molecular weight excluding hydrogens is 388 g/mol. The van der Waals surface area contributed by atoms with Crippen LogP contribution < -0.4 is 10.3 Å². The van der Waals surface area contributed by atoms with E-state index in [-0.39, 0.29) is 11.0 Å². The van der Waals surface area contributed by atoms with E-state index >= 15 is 0 Å². The summed E-state index contributed by atoms with van der Waals surface area (Å²) in [4.78, 5) is 17.9. The van der Waals surface area contributed by atoms with Gasteiger partial charge in [0.05, 0.1) is 17.0 Å². The molecule has 0 spiro atoms. The standard InChI is InChI=1S/C25H28N4O2/c1-16-14-20(27-28(16)6)22-17(2)26-23-21(8-7-13-29(23)24(22)30)31-15-18-9-11-19(12-10-18)25(3,4)5/h7-14H,15H2,1-6H3. The number of aryl methyl sites for hydroxylation is 3. The van der Waals surface area contributed by atoms with Crippen LogP contribution in [0.15, 0.2) is 53.5 Å². The monoisotopic (exact) mass is 416 g/mol. The number of fused-ring (bicyclic) bond motifs is 1. The summed E-state index contributed by atoms with van der Waals surface area (Å²) >= 11 is 0. The zero-order chi connectivity index (χ0) is 22.3. The van der Waals surface area contributed by atoms with E-state index in [9.17, 15) is 4.79 Å². The number of hydrogen-bond acceptors (Lipinski definition) is 4. The summed E-state index contributed by atoms with van der Waals surface area (Å²) in [6, 6.07) is 14.0. The lowest BCUT2D eigenvalue weighted by Gasteiger charge is -2.19. The molecule has 0 aliphatic rings. The van der Waals surface area contributed by atoms with Gasteiger partial charge in [0.2, 0.25) is 0 Å². The average Bonchev–Trinajstić information content (AvgIpc) is 3.04. The summed E-state index contributed by atoms with van der Waals surface area (Å²) in [5.74, 6) is 0.575. The Bertz CT molecular complexity index is 1290. The minimum absolute atomic E-state index is 0.113. The van der Waals surface area contributed by atoms with Crippen molar-refractivity contribution in [2.24, 2.45) is 7.05 Å². The molecule has 0 aliphatic carbocycles. The van der Waals surface area contributed by atoms with Crippen LogP contribution in [0.1, 0.15) is 43.3 Å². The zero-order valence-electron chi connectivity index (χ0n) is 18.9. The first-order chi connectivity index (χ1) is 14.6. The predicted molar refractivity (Wildman–Crippen MR) is 123 cm³/mol. The molecular formula is C25H28N4O2. The van der Waals surface area contributed by atoms with Gasteiger partial charge in [0.25, 0.3) is 5.56 Å². The van der Waals surface area contributed by atoms with Crippen molar-refractivity contribution in [1.82, 2.24) is 19.2 Å². The highest BCUT2D eigenvalue weighted by Crippen LogP contribution is 2.25. The second-order valence-electron chi connectivity index (χ2n) is 8.97. The van der Waals surface area contributed by atoms with Gasteiger partial charge in [-0.3, -0.25) is 13.9 Å². The van der Waals surface area contributed by atoms with E-state index in [0.29, 0.717) is 35.0 Å². The molecule has 6 nitrogen and oxygen atoms in total. The Balaban J connectivity index is 1.68. The van der Waals surface area contributed by atoms with E-state index < -0.39 is 0 Å². The van der Waals surface area contributed by atoms with E-state index in [0.717, 1.165) is 11.3 Å². The molecule has 3 aromatic heterocycles. The zero-order valence-corrected chi connectivity index (χ0v) is 18.9. The van der Waals surface area contributed by atoms with Gasteiger partial charge in [0, 0.05) is 18.9 Å². The van der Waals surface area contributed by atoms with Crippen molar-refractivity contribution in [2.75, 3.05) is 0 Å². The van der Waals surface area contributed by atoms with Crippen molar-refractivity contribution in [1.29, 1.82) is 0 Å². The second-order valence-corrected chi connectivity index (χ2v) is 8.97. The maximum atomic E-state index is 13.2. The first-order valence-electron chi connectivity index (χ1n) is 10.4. The molecule has 3 heterocycles. The van der Waals surface area contributed by atoms with Crippen LogP contribution in [0.25, 0.3) is 16.9 Å². The van der Waals surface area contributed by atoms with E-state index in [1.165, 1.54) is 9.96 Å². The van der Waals surface area contributed by atoms with Gasteiger partial charge in [-0.25, -0.2) is 4.98 Å². The molecule has 6 heteroatoms. The number of aromatic nitrogens is 4. The average molecular weight is 417 g/mol. The molecule has 4 rings (SSSR count). The molecule has 31 heavy (non-hydrogen) atoms. The number of pyridine rings is 1. The van der Waals surface area contributed by atoms with Crippen molar-refractivity contribution in [3.05, 3.63) is 81.5 Å². The SMILES string of the molecule is Cc1nc2c(OCc3ccc(C(C)(C)C)cc3)cccn2c(=O)c1-c1cc(C)n(C)n1. The Morgan fingerprint density at radius 3 is 2.39 bits per heavy atom. The maximum Gasteiger partial charge on any atom is 0.267 e. The van der Waals surface area contributed by atoms with Gasteiger partial charge in [-0.05, 0) is 48.6 Å². The van der Waals surface area contributed by atoms with Crippen molar-refractivity contribution < 1.29 is 4.74 Å². The molecule has 0 radical (unpaired) electrons. The van der Waals surface area contributed by atoms with Crippen molar-refractivity contribution in [2.45, 2.75) is 46.6 Å². The summed E-state index contributed by atoms with van der Waals surface area (Å²) in [5, 5.41) is 4.46. The molecule has 4 aromatic rings. The van der Waals surface area contributed by atoms with Crippen LogP contribution in [0.3, 0.4) is 0 Å². The largest absolute Gasteiger partial charge is 0.485 e. The summed E-state index contributed by atoms with van der Waals surface area (Å²) in [7, 11) is 1.86. The lowest BCUT2D eigenvalue weighted by Crippen LogP contribution is -2.19. The van der Waals surface area contributed by atoms with Crippen LogP contribution in [-0.4, -0.2) is 19.2 Å². The van der Waals surface area contributed by atoms with Crippen LogP contribution in [0.4, 0.5) is 0 Å². The highest BCUT2D eigenvalue weighted by Gasteiger charge is 2.17. The fraction of sp³-hybridized carbons (Fsp3) is 0.320. The van der Waals surface area contributed by atoms with Gasteiger partial charge >= 0.3 is 0 Å². The van der Waals surface area contributed by atoms with Crippen LogP contribution in [-0.2, 0) is 19.1 Å². The molecule has 0 saturated heterocycles. The molecule has 0 saturated carbocycles. The molecule has 0 bridgehead atoms. The van der Waals surface area contributed by atoms with Crippen molar-refractivity contribution >= 4 is 5.65 Å². The molecule has 0 fully saturated rings. The summed E-state index contributed by atoms with van der Waals surface area (Å²) in [6.07, 6.45) is 1.72. The number of hydrogen-bond donors (Lipinski definition) is 0. The smallest absolute Gasteiger partial charge is 0.267 e. The first kappa shape index (κ1) is 20.8. The minimum atomic E-state index is -0.152. The Kier molecular flexibility index (Phi) is 5.17. The number of benzene rings is 1. The van der Waals surface area contributed by atoms with E-state index in [1.807, 2.05) is 33.0 Å². The fourth-order valence-corrected chi connectivity index (χ4v) is 3.60. The van der Waals surface area contributed by atoms with Gasteiger partial charge in [-0.1, -0.05) is 45.0 Å². The van der Waals surface area contributed by atoms with Gasteiger partial charge < -0.3 is 4.74 Å². The van der Waals surface area contributed by atoms with Crippen molar-refractivity contribution in [3.8, 4) is 17.0 Å². The highest BCUT2D eigenvalue weighted by molar-refractivity contribution is 5.65. The normalized spacial score (nSPS) is 11.8. The summed E-state index contributed by atoms with van der Waals surface area (Å²) in [5.41, 5.74) is 5.57. The Morgan fingerprint density at radius 1 is 1.06 bits per heavy atom.